The lowest BCUT2D eigenvalue weighted by Crippen LogP contribution is -2.50. The highest BCUT2D eigenvalue weighted by Crippen LogP contribution is 2.36. The zero-order valence-electron chi connectivity index (χ0n) is 20.6. The Morgan fingerprint density at radius 3 is 2.17 bits per heavy atom. The maximum atomic E-state index is 12.9. The van der Waals surface area contributed by atoms with Crippen molar-refractivity contribution in [2.45, 2.75) is 6.04 Å². The summed E-state index contributed by atoms with van der Waals surface area (Å²) < 4.78 is 21.6. The Bertz CT molecular complexity index is 1170. The number of anilines is 1. The number of carbonyl (C=O) groups is 1. The van der Waals surface area contributed by atoms with E-state index in [-0.39, 0.29) is 18.7 Å². The van der Waals surface area contributed by atoms with Crippen LogP contribution in [0.5, 0.6) is 23.0 Å². The Morgan fingerprint density at radius 2 is 1.50 bits per heavy atom. The third kappa shape index (κ3) is 5.18. The van der Waals surface area contributed by atoms with Crippen molar-refractivity contribution in [1.29, 1.82) is 0 Å². The molecular weight excluding hydrogens is 458 g/mol. The minimum Gasteiger partial charge on any atom is -0.497 e. The number of amides is 1. The van der Waals surface area contributed by atoms with E-state index in [2.05, 4.69) is 33.3 Å². The SMILES string of the molecule is COc1ccc(C(=O)NC[C@@H](c2ccc3c(c2)OCO3)N2CCN(c3ccc(OC)cc3)CC2)cc1. The second kappa shape index (κ2) is 10.8. The third-order valence-corrected chi connectivity index (χ3v) is 6.78. The van der Waals surface area contributed by atoms with Crippen molar-refractivity contribution in [2.75, 3.05) is 58.6 Å². The Balaban J connectivity index is 1.29. The Labute approximate surface area is 211 Å². The van der Waals surface area contributed by atoms with Gasteiger partial charge >= 0.3 is 0 Å². The summed E-state index contributed by atoms with van der Waals surface area (Å²) in [5.41, 5.74) is 2.87. The van der Waals surface area contributed by atoms with E-state index in [4.69, 9.17) is 18.9 Å². The minimum absolute atomic E-state index is 0.000263. The van der Waals surface area contributed by atoms with E-state index in [1.54, 1.807) is 38.5 Å². The van der Waals surface area contributed by atoms with Crippen LogP contribution >= 0.6 is 0 Å². The van der Waals surface area contributed by atoms with Gasteiger partial charge in [0.1, 0.15) is 11.5 Å². The molecule has 8 nitrogen and oxygen atoms in total. The summed E-state index contributed by atoms with van der Waals surface area (Å²) in [6.45, 7) is 4.22. The average Bonchev–Trinajstić information content (AvgIpc) is 3.42. The first kappa shape index (κ1) is 23.8. The topological polar surface area (TPSA) is 72.5 Å². The van der Waals surface area contributed by atoms with E-state index in [0.717, 1.165) is 54.7 Å². The van der Waals surface area contributed by atoms with Gasteiger partial charge in [-0.1, -0.05) is 6.07 Å². The summed E-state index contributed by atoms with van der Waals surface area (Å²) in [4.78, 5) is 17.7. The van der Waals surface area contributed by atoms with Gasteiger partial charge in [-0.25, -0.2) is 0 Å². The Morgan fingerprint density at radius 1 is 0.861 bits per heavy atom. The first-order chi connectivity index (χ1) is 17.6. The molecule has 5 rings (SSSR count). The van der Waals surface area contributed by atoms with Crippen molar-refractivity contribution >= 4 is 11.6 Å². The first-order valence-corrected chi connectivity index (χ1v) is 12.1. The van der Waals surface area contributed by atoms with E-state index in [1.807, 2.05) is 24.3 Å². The number of hydrogen-bond donors (Lipinski definition) is 1. The van der Waals surface area contributed by atoms with Gasteiger partial charge in [-0.05, 0) is 66.2 Å². The second-order valence-corrected chi connectivity index (χ2v) is 8.79. The lowest BCUT2D eigenvalue weighted by Gasteiger charge is -2.40. The van der Waals surface area contributed by atoms with E-state index in [9.17, 15) is 4.79 Å². The van der Waals surface area contributed by atoms with Gasteiger partial charge in [0.2, 0.25) is 6.79 Å². The summed E-state index contributed by atoms with van der Waals surface area (Å²) in [6, 6.07) is 21.4. The van der Waals surface area contributed by atoms with Crippen LogP contribution in [0.4, 0.5) is 5.69 Å². The number of benzene rings is 3. The van der Waals surface area contributed by atoms with Crippen molar-refractivity contribution in [2.24, 2.45) is 0 Å². The fraction of sp³-hybridized carbons (Fsp3) is 0.321. The zero-order chi connectivity index (χ0) is 24.9. The molecule has 0 radical (unpaired) electrons. The predicted octanol–water partition coefficient (Wildman–Crippen LogP) is 3.73. The molecule has 0 unspecified atom stereocenters. The highest BCUT2D eigenvalue weighted by atomic mass is 16.7. The van der Waals surface area contributed by atoms with Gasteiger partial charge in [0, 0.05) is 44.0 Å². The van der Waals surface area contributed by atoms with Gasteiger partial charge < -0.3 is 29.2 Å². The van der Waals surface area contributed by atoms with Gasteiger partial charge in [-0.15, -0.1) is 0 Å². The molecule has 1 N–H and O–H groups in total. The van der Waals surface area contributed by atoms with Gasteiger partial charge in [-0.3, -0.25) is 9.69 Å². The first-order valence-electron chi connectivity index (χ1n) is 12.1. The van der Waals surface area contributed by atoms with Crippen molar-refractivity contribution in [3.8, 4) is 23.0 Å². The highest BCUT2D eigenvalue weighted by Gasteiger charge is 2.27. The lowest BCUT2D eigenvalue weighted by molar-refractivity contribution is 0.0930. The molecule has 2 aliphatic rings. The summed E-state index contributed by atoms with van der Waals surface area (Å²) in [6.07, 6.45) is 0. The number of carbonyl (C=O) groups excluding carboxylic acids is 1. The number of nitrogens with one attached hydrogen (secondary N) is 1. The minimum atomic E-state index is -0.111. The smallest absolute Gasteiger partial charge is 0.251 e. The van der Waals surface area contributed by atoms with Gasteiger partial charge in [0.15, 0.2) is 11.5 Å². The number of hydrogen-bond acceptors (Lipinski definition) is 7. The van der Waals surface area contributed by atoms with Crippen molar-refractivity contribution < 1.29 is 23.7 Å². The zero-order valence-corrected chi connectivity index (χ0v) is 20.6. The van der Waals surface area contributed by atoms with Gasteiger partial charge in [-0.2, -0.15) is 0 Å². The molecule has 0 spiro atoms. The molecule has 1 saturated heterocycles. The molecule has 0 saturated carbocycles. The highest BCUT2D eigenvalue weighted by molar-refractivity contribution is 5.94. The van der Waals surface area contributed by atoms with E-state index in [1.165, 1.54) is 5.69 Å². The summed E-state index contributed by atoms with van der Waals surface area (Å²) in [5.74, 6) is 2.97. The lowest BCUT2D eigenvalue weighted by atomic mass is 10.0. The average molecular weight is 490 g/mol. The third-order valence-electron chi connectivity index (χ3n) is 6.78. The summed E-state index contributed by atoms with van der Waals surface area (Å²) >= 11 is 0. The molecule has 0 bridgehead atoms. The largest absolute Gasteiger partial charge is 0.497 e. The monoisotopic (exact) mass is 489 g/mol. The maximum Gasteiger partial charge on any atom is 0.251 e. The van der Waals surface area contributed by atoms with Gasteiger partial charge in [0.05, 0.1) is 20.3 Å². The van der Waals surface area contributed by atoms with Crippen LogP contribution in [-0.4, -0.2) is 64.5 Å². The molecule has 36 heavy (non-hydrogen) atoms. The summed E-state index contributed by atoms with van der Waals surface area (Å²) in [5, 5.41) is 3.13. The van der Waals surface area contributed by atoms with Crippen LogP contribution in [-0.2, 0) is 0 Å². The molecule has 3 aromatic carbocycles. The second-order valence-electron chi connectivity index (χ2n) is 8.79. The molecule has 8 heteroatoms. The Hall–Kier alpha value is -3.91. The van der Waals surface area contributed by atoms with Crippen LogP contribution in [0, 0.1) is 0 Å². The number of methoxy groups -OCH3 is 2. The van der Waals surface area contributed by atoms with Crippen LogP contribution in [0.3, 0.4) is 0 Å². The van der Waals surface area contributed by atoms with E-state index in [0.29, 0.717) is 12.1 Å². The molecule has 1 fully saturated rings. The molecular formula is C28H31N3O5. The fourth-order valence-corrected chi connectivity index (χ4v) is 4.70. The number of piperazine rings is 1. The summed E-state index contributed by atoms with van der Waals surface area (Å²) in [7, 11) is 3.29. The van der Waals surface area contributed by atoms with Crippen molar-refractivity contribution in [1.82, 2.24) is 10.2 Å². The quantitative estimate of drug-likeness (QED) is 0.517. The van der Waals surface area contributed by atoms with Crippen LogP contribution in [0.15, 0.2) is 66.7 Å². The van der Waals surface area contributed by atoms with Gasteiger partial charge in [0.25, 0.3) is 5.91 Å². The molecule has 3 aromatic rings. The molecule has 1 atom stereocenters. The standard InChI is InChI=1S/C28H31N3O5/c1-33-23-8-3-20(4-9-23)28(32)29-18-25(21-5-12-26-27(17-21)36-19-35-26)31-15-13-30(14-16-31)22-6-10-24(34-2)11-7-22/h3-12,17,25H,13-16,18-19H2,1-2H3,(H,29,32)/t25-/m0/s1. The molecule has 0 aliphatic carbocycles. The normalized spacial score (nSPS) is 15.9. The van der Waals surface area contributed by atoms with E-state index >= 15 is 0 Å². The molecule has 188 valence electrons. The number of nitrogens with zero attached hydrogens (tertiary/aromatic N) is 2. The van der Waals surface area contributed by atoms with Crippen LogP contribution in [0.1, 0.15) is 22.0 Å². The van der Waals surface area contributed by atoms with Crippen LogP contribution in [0.25, 0.3) is 0 Å². The number of fused-ring (bicyclic) bond motifs is 1. The number of rotatable bonds is 8. The predicted molar refractivity (Wildman–Crippen MR) is 137 cm³/mol. The maximum absolute atomic E-state index is 12.9. The van der Waals surface area contributed by atoms with Crippen molar-refractivity contribution in [3.63, 3.8) is 0 Å². The number of ether oxygens (including phenoxy) is 4. The Kier molecular flexibility index (Phi) is 7.13. The van der Waals surface area contributed by atoms with Crippen LogP contribution in [0.2, 0.25) is 0 Å². The molecule has 0 aromatic heterocycles. The van der Waals surface area contributed by atoms with Crippen molar-refractivity contribution in [3.05, 3.63) is 77.9 Å². The van der Waals surface area contributed by atoms with Crippen LogP contribution < -0.4 is 29.2 Å². The fourth-order valence-electron chi connectivity index (χ4n) is 4.70. The molecule has 2 aliphatic heterocycles. The molecule has 1 amide bonds. The molecule has 2 heterocycles. The van der Waals surface area contributed by atoms with E-state index < -0.39 is 0 Å².